The monoisotopic (exact) mass is 536 g/mol. The van der Waals surface area contributed by atoms with E-state index in [9.17, 15) is 14.4 Å². The van der Waals surface area contributed by atoms with Crippen LogP contribution >= 0.6 is 11.6 Å². The van der Waals surface area contributed by atoms with Gasteiger partial charge in [0, 0.05) is 24.0 Å². The van der Waals surface area contributed by atoms with Gasteiger partial charge in [-0.25, -0.2) is 0 Å². The van der Waals surface area contributed by atoms with Crippen molar-refractivity contribution in [3.05, 3.63) is 81.7 Å². The van der Waals surface area contributed by atoms with Crippen LogP contribution in [0.5, 0.6) is 11.5 Å². The van der Waals surface area contributed by atoms with Gasteiger partial charge in [0.2, 0.25) is 18.6 Å². The molecule has 2 heterocycles. The highest BCUT2D eigenvalue weighted by atomic mass is 35.5. The second-order valence-electron chi connectivity index (χ2n) is 9.66. The van der Waals surface area contributed by atoms with Gasteiger partial charge in [-0.2, -0.15) is 0 Å². The first-order valence-corrected chi connectivity index (χ1v) is 13.1. The molecule has 1 saturated carbocycles. The highest BCUT2D eigenvalue weighted by Gasteiger charge is 2.29. The van der Waals surface area contributed by atoms with Gasteiger partial charge in [-0.15, -0.1) is 6.58 Å². The molecule has 0 radical (unpaired) electrons. The quantitative estimate of drug-likeness (QED) is 0.361. The van der Waals surface area contributed by atoms with Crippen LogP contribution in [0, 0.1) is 5.92 Å². The number of hydrogen-bond acceptors (Lipinski definition) is 6. The van der Waals surface area contributed by atoms with Crippen LogP contribution in [0.3, 0.4) is 0 Å². The number of fused-ring (bicyclic) bond motifs is 2. The van der Waals surface area contributed by atoms with Crippen molar-refractivity contribution < 1.29 is 23.5 Å². The van der Waals surface area contributed by atoms with E-state index in [0.29, 0.717) is 33.1 Å². The molecular weight excluding hydrogens is 508 g/mol. The average Bonchev–Trinajstić information content (AvgIpc) is 3.61. The van der Waals surface area contributed by atoms with Crippen molar-refractivity contribution in [3.63, 3.8) is 0 Å². The average molecular weight is 537 g/mol. The van der Waals surface area contributed by atoms with Crippen molar-refractivity contribution >= 4 is 34.4 Å². The minimum Gasteiger partial charge on any atom is -0.464 e. The lowest BCUT2D eigenvalue weighted by Crippen LogP contribution is -2.44. The van der Waals surface area contributed by atoms with Gasteiger partial charge in [-0.3, -0.25) is 14.4 Å². The molecule has 1 aromatic heterocycles. The Hall–Kier alpha value is -3.78. The third kappa shape index (κ3) is 5.55. The van der Waals surface area contributed by atoms with E-state index in [0.717, 1.165) is 31.2 Å². The maximum atomic E-state index is 13.7. The molecule has 0 unspecified atom stereocenters. The summed E-state index contributed by atoms with van der Waals surface area (Å²) in [6, 6.07) is 10.3. The maximum Gasteiger partial charge on any atom is 0.242 e. The zero-order valence-electron chi connectivity index (χ0n) is 21.0. The van der Waals surface area contributed by atoms with Crippen LogP contribution in [-0.2, 0) is 22.7 Å². The molecule has 38 heavy (non-hydrogen) atoms. The van der Waals surface area contributed by atoms with Gasteiger partial charge in [0.25, 0.3) is 0 Å². The Labute approximate surface area is 225 Å². The minimum absolute atomic E-state index is 0.00237. The van der Waals surface area contributed by atoms with Crippen molar-refractivity contribution in [1.29, 1.82) is 0 Å². The van der Waals surface area contributed by atoms with Gasteiger partial charge in [0.15, 0.2) is 16.9 Å². The molecule has 0 saturated heterocycles. The first-order valence-electron chi connectivity index (χ1n) is 12.7. The summed E-state index contributed by atoms with van der Waals surface area (Å²) >= 11 is 6.11. The van der Waals surface area contributed by atoms with E-state index in [1.54, 1.807) is 40.1 Å². The predicted molar refractivity (Wildman–Crippen MR) is 143 cm³/mol. The molecule has 2 aromatic carbocycles. The normalized spacial score (nSPS) is 14.6. The highest BCUT2D eigenvalue weighted by molar-refractivity contribution is 6.31. The molecule has 2 amide bonds. The number of carbonyl (C=O) groups is 2. The lowest BCUT2D eigenvalue weighted by Gasteiger charge is -2.28. The SMILES string of the molecule is C=CCN(CC(=O)N(Cc1ccc2c(c1)OCO2)Cc1coc2ccc(Cl)cc2c1=O)C(=O)C1CCCC1. The van der Waals surface area contributed by atoms with Crippen LogP contribution in [0.1, 0.15) is 36.8 Å². The predicted octanol–water partition coefficient (Wildman–Crippen LogP) is 4.91. The van der Waals surface area contributed by atoms with E-state index >= 15 is 0 Å². The Bertz CT molecular complexity index is 1430. The highest BCUT2D eigenvalue weighted by Crippen LogP contribution is 2.33. The standard InChI is InChI=1S/C29H29ClN2O6/c1-2-11-31(29(35)20-5-3-4-6-20)16-27(33)32(14-19-7-9-25-26(12-19)38-18-37-25)15-21-17-36-24-10-8-22(30)13-23(24)28(21)34/h2,7-10,12-13,17,20H,1,3-6,11,14-16,18H2. The summed E-state index contributed by atoms with van der Waals surface area (Å²) in [5, 5.41) is 0.760. The van der Waals surface area contributed by atoms with E-state index in [2.05, 4.69) is 6.58 Å². The fourth-order valence-electron chi connectivity index (χ4n) is 5.03. The molecule has 5 rings (SSSR count). The van der Waals surface area contributed by atoms with Gasteiger partial charge in [0.1, 0.15) is 12.1 Å². The van der Waals surface area contributed by atoms with Gasteiger partial charge in [0.05, 0.1) is 23.8 Å². The third-order valence-electron chi connectivity index (χ3n) is 7.02. The smallest absolute Gasteiger partial charge is 0.242 e. The molecule has 3 aromatic rings. The van der Waals surface area contributed by atoms with Crippen LogP contribution < -0.4 is 14.9 Å². The van der Waals surface area contributed by atoms with Crippen LogP contribution in [-0.4, -0.2) is 41.5 Å². The van der Waals surface area contributed by atoms with Gasteiger partial charge >= 0.3 is 0 Å². The van der Waals surface area contributed by atoms with Gasteiger partial charge in [-0.1, -0.05) is 36.6 Å². The molecule has 0 bridgehead atoms. The Kier molecular flexibility index (Phi) is 7.69. The zero-order chi connectivity index (χ0) is 26.6. The summed E-state index contributed by atoms with van der Waals surface area (Å²) in [5.41, 5.74) is 1.26. The number of ether oxygens (including phenoxy) is 2. The Morgan fingerprint density at radius 3 is 2.61 bits per heavy atom. The zero-order valence-corrected chi connectivity index (χ0v) is 21.7. The lowest BCUT2D eigenvalue weighted by molar-refractivity contribution is -0.143. The molecule has 1 fully saturated rings. The van der Waals surface area contributed by atoms with Crippen LogP contribution in [0.4, 0.5) is 0 Å². The van der Waals surface area contributed by atoms with E-state index in [-0.39, 0.29) is 56.1 Å². The Morgan fingerprint density at radius 1 is 1.03 bits per heavy atom. The number of amides is 2. The molecule has 8 nitrogen and oxygen atoms in total. The van der Waals surface area contributed by atoms with Crippen molar-refractivity contribution in [1.82, 2.24) is 9.80 Å². The van der Waals surface area contributed by atoms with Crippen molar-refractivity contribution in [2.75, 3.05) is 19.9 Å². The van der Waals surface area contributed by atoms with Crippen LogP contribution in [0.15, 0.2) is 64.5 Å². The summed E-state index contributed by atoms with van der Waals surface area (Å²) in [5.74, 6) is 0.847. The second-order valence-corrected chi connectivity index (χ2v) is 10.1. The topological polar surface area (TPSA) is 89.3 Å². The fourth-order valence-corrected chi connectivity index (χ4v) is 5.20. The molecule has 2 aliphatic rings. The van der Waals surface area contributed by atoms with Crippen molar-refractivity contribution in [2.24, 2.45) is 5.92 Å². The largest absolute Gasteiger partial charge is 0.464 e. The molecule has 198 valence electrons. The molecule has 0 N–H and O–H groups in total. The van der Waals surface area contributed by atoms with Crippen molar-refractivity contribution in [2.45, 2.75) is 38.8 Å². The maximum absolute atomic E-state index is 13.7. The van der Waals surface area contributed by atoms with E-state index in [1.165, 1.54) is 6.26 Å². The minimum atomic E-state index is -0.290. The molecule has 0 spiro atoms. The molecule has 0 atom stereocenters. The summed E-state index contributed by atoms with van der Waals surface area (Å²) in [6.07, 6.45) is 6.72. The first kappa shape index (κ1) is 25.9. The number of benzene rings is 2. The molecule has 1 aliphatic carbocycles. The molecular formula is C29H29ClN2O6. The first-order chi connectivity index (χ1) is 18.4. The number of nitrogens with zero attached hydrogens (tertiary/aromatic N) is 2. The van der Waals surface area contributed by atoms with E-state index in [4.69, 9.17) is 25.5 Å². The number of rotatable bonds is 9. The molecule has 1 aliphatic heterocycles. The van der Waals surface area contributed by atoms with Crippen molar-refractivity contribution in [3.8, 4) is 11.5 Å². The van der Waals surface area contributed by atoms with E-state index in [1.807, 2.05) is 12.1 Å². The Balaban J connectivity index is 1.43. The summed E-state index contributed by atoms with van der Waals surface area (Å²) in [7, 11) is 0. The number of hydrogen-bond donors (Lipinski definition) is 0. The second kappa shape index (κ2) is 11.3. The number of halogens is 1. The summed E-state index contributed by atoms with van der Waals surface area (Å²) < 4.78 is 16.6. The lowest BCUT2D eigenvalue weighted by atomic mass is 10.1. The van der Waals surface area contributed by atoms with Crippen LogP contribution in [0.25, 0.3) is 11.0 Å². The fraction of sp³-hybridized carbons (Fsp3) is 0.345. The summed E-state index contributed by atoms with van der Waals surface area (Å²) in [6.45, 7) is 4.26. The number of carbonyl (C=O) groups excluding carboxylic acids is 2. The Morgan fingerprint density at radius 2 is 1.82 bits per heavy atom. The molecule has 9 heteroatoms. The van der Waals surface area contributed by atoms with E-state index < -0.39 is 0 Å². The van der Waals surface area contributed by atoms with Crippen LogP contribution in [0.2, 0.25) is 5.02 Å². The third-order valence-corrected chi connectivity index (χ3v) is 7.26. The van der Waals surface area contributed by atoms with Gasteiger partial charge < -0.3 is 23.7 Å². The van der Waals surface area contributed by atoms with Gasteiger partial charge in [-0.05, 0) is 48.7 Å². The summed E-state index contributed by atoms with van der Waals surface area (Å²) in [4.78, 5) is 43.3.